The van der Waals surface area contributed by atoms with Gasteiger partial charge in [0.15, 0.2) is 0 Å². The van der Waals surface area contributed by atoms with E-state index in [1.165, 1.54) is 19.4 Å². The van der Waals surface area contributed by atoms with Crippen LogP contribution >= 0.6 is 0 Å². The number of carbonyl (C=O) groups is 1. The molecule has 0 aliphatic rings. The number of methoxy groups -OCH3 is 1. The van der Waals surface area contributed by atoms with Gasteiger partial charge in [-0.2, -0.15) is 13.9 Å². The third-order valence-electron chi connectivity index (χ3n) is 3.31. The van der Waals surface area contributed by atoms with Crippen LogP contribution in [-0.2, 0) is 11.3 Å². The zero-order valence-electron chi connectivity index (χ0n) is 12.1. The number of esters is 1. The second kappa shape index (κ2) is 6.07. The van der Waals surface area contributed by atoms with E-state index in [1.54, 1.807) is 24.4 Å². The van der Waals surface area contributed by atoms with Gasteiger partial charge in [0.2, 0.25) is 0 Å². The van der Waals surface area contributed by atoms with Crippen molar-refractivity contribution in [2.24, 2.45) is 0 Å². The molecule has 120 valence electrons. The summed E-state index contributed by atoms with van der Waals surface area (Å²) in [5.41, 5.74) is 1.54. The van der Waals surface area contributed by atoms with Crippen molar-refractivity contribution in [3.63, 3.8) is 0 Å². The van der Waals surface area contributed by atoms with Crippen LogP contribution < -0.4 is 4.74 Å². The van der Waals surface area contributed by atoms with Gasteiger partial charge in [0, 0.05) is 23.3 Å². The highest BCUT2D eigenvalue weighted by Crippen LogP contribution is 2.25. The molecule has 0 radical (unpaired) electrons. The molecule has 3 aromatic rings. The van der Waals surface area contributed by atoms with Crippen molar-refractivity contribution in [1.82, 2.24) is 14.8 Å². The summed E-state index contributed by atoms with van der Waals surface area (Å²) in [4.78, 5) is 14.6. The fourth-order valence-corrected chi connectivity index (χ4v) is 2.19. The molecule has 8 heteroatoms. The summed E-state index contributed by atoms with van der Waals surface area (Å²) in [6.45, 7) is -2.63. The molecule has 0 saturated heterocycles. The number of hydrogen-bond donors (Lipinski definition) is 1. The summed E-state index contributed by atoms with van der Waals surface area (Å²) in [6, 6.07) is 6.61. The maximum absolute atomic E-state index is 12.4. The van der Waals surface area contributed by atoms with Gasteiger partial charge in [-0.25, -0.2) is 9.48 Å². The highest BCUT2D eigenvalue weighted by Gasteiger charge is 2.13. The lowest BCUT2D eigenvalue weighted by Gasteiger charge is -2.05. The van der Waals surface area contributed by atoms with Gasteiger partial charge in [0.25, 0.3) is 0 Å². The van der Waals surface area contributed by atoms with Gasteiger partial charge in [-0.15, -0.1) is 0 Å². The first-order chi connectivity index (χ1) is 11.1. The molecule has 1 N–H and O–H groups in total. The molecule has 0 bridgehead atoms. The predicted octanol–water partition coefficient (Wildman–Crippen LogP) is 3.13. The number of hydrogen-bond acceptors (Lipinski definition) is 4. The van der Waals surface area contributed by atoms with E-state index in [0.29, 0.717) is 27.1 Å². The van der Waals surface area contributed by atoms with Crippen molar-refractivity contribution in [1.29, 1.82) is 0 Å². The molecular weight excluding hydrogens is 308 g/mol. The number of aromatic amines is 1. The molecule has 1 aromatic carbocycles. The van der Waals surface area contributed by atoms with Gasteiger partial charge in [0.1, 0.15) is 18.1 Å². The summed E-state index contributed by atoms with van der Waals surface area (Å²) in [5, 5.41) is 4.36. The first kappa shape index (κ1) is 15.0. The smallest absolute Gasteiger partial charge is 0.340 e. The van der Waals surface area contributed by atoms with Crippen LogP contribution in [0.25, 0.3) is 10.9 Å². The third kappa shape index (κ3) is 3.01. The minimum absolute atomic E-state index is 0.0448. The van der Waals surface area contributed by atoms with E-state index >= 15 is 0 Å². The topological polar surface area (TPSA) is 69.1 Å². The minimum atomic E-state index is -2.68. The number of halogens is 2. The fraction of sp³-hybridized carbons (Fsp3) is 0.200. The number of alkyl halides is 2. The van der Waals surface area contributed by atoms with E-state index in [2.05, 4.69) is 10.1 Å². The summed E-state index contributed by atoms with van der Waals surface area (Å²) >= 11 is 0. The molecule has 0 amide bonds. The van der Waals surface area contributed by atoms with Crippen LogP contribution in [0.15, 0.2) is 36.7 Å². The number of aromatic nitrogens is 3. The van der Waals surface area contributed by atoms with Crippen LogP contribution in [0.4, 0.5) is 8.78 Å². The number of rotatable bonds is 5. The highest BCUT2D eigenvalue weighted by atomic mass is 19.3. The maximum Gasteiger partial charge on any atom is 0.340 e. The Morgan fingerprint density at radius 1 is 1.39 bits per heavy atom. The van der Waals surface area contributed by atoms with Crippen molar-refractivity contribution >= 4 is 16.9 Å². The van der Waals surface area contributed by atoms with Gasteiger partial charge < -0.3 is 14.5 Å². The lowest BCUT2D eigenvalue weighted by atomic mass is 10.1. The zero-order valence-corrected chi connectivity index (χ0v) is 12.1. The second-order valence-corrected chi connectivity index (χ2v) is 4.75. The molecule has 2 aromatic heterocycles. The van der Waals surface area contributed by atoms with E-state index < -0.39 is 12.5 Å². The Hall–Kier alpha value is -2.90. The monoisotopic (exact) mass is 321 g/mol. The Balaban J connectivity index is 1.78. The SMILES string of the molecule is COC(=O)c1c[nH]c2ccc(OCc3ccn(C(F)F)n3)cc12. The standard InChI is InChI=1S/C15H13F2N3O3/c1-22-14(21)12-7-18-13-3-2-10(6-11(12)13)23-8-9-4-5-20(19-9)15(16)17/h2-7,15,18H,8H2,1H3. The first-order valence-corrected chi connectivity index (χ1v) is 6.73. The van der Waals surface area contributed by atoms with Gasteiger partial charge in [-0.1, -0.05) is 0 Å². The van der Waals surface area contributed by atoms with E-state index in [9.17, 15) is 13.6 Å². The number of ether oxygens (including phenoxy) is 2. The zero-order chi connectivity index (χ0) is 16.4. The number of H-pyrrole nitrogens is 1. The number of nitrogens with one attached hydrogen (secondary N) is 1. The van der Waals surface area contributed by atoms with Crippen molar-refractivity contribution in [3.8, 4) is 5.75 Å². The van der Waals surface area contributed by atoms with E-state index in [-0.39, 0.29) is 6.61 Å². The maximum atomic E-state index is 12.4. The van der Waals surface area contributed by atoms with E-state index in [0.717, 1.165) is 5.52 Å². The summed E-state index contributed by atoms with van der Waals surface area (Å²) in [7, 11) is 1.31. The summed E-state index contributed by atoms with van der Waals surface area (Å²) < 4.78 is 35.7. The Labute approximate surface area is 129 Å². The highest BCUT2D eigenvalue weighted by molar-refractivity contribution is 6.04. The molecule has 23 heavy (non-hydrogen) atoms. The summed E-state index contributed by atoms with van der Waals surface area (Å²) in [5.74, 6) is 0.0397. The Morgan fingerprint density at radius 2 is 2.22 bits per heavy atom. The minimum Gasteiger partial charge on any atom is -0.487 e. The Morgan fingerprint density at radius 3 is 2.91 bits per heavy atom. The van der Waals surface area contributed by atoms with Crippen LogP contribution in [0.2, 0.25) is 0 Å². The number of carbonyl (C=O) groups excluding carboxylic acids is 1. The lowest BCUT2D eigenvalue weighted by molar-refractivity contribution is 0.0556. The Kier molecular flexibility index (Phi) is 3.96. The average Bonchev–Trinajstić information content (AvgIpc) is 3.18. The number of fused-ring (bicyclic) bond motifs is 1. The van der Waals surface area contributed by atoms with Crippen LogP contribution in [0.3, 0.4) is 0 Å². The molecule has 3 rings (SSSR count). The molecule has 0 spiro atoms. The molecule has 2 heterocycles. The molecule has 0 unspecified atom stereocenters. The molecule has 0 fully saturated rings. The molecule has 0 atom stereocenters. The van der Waals surface area contributed by atoms with Gasteiger partial charge >= 0.3 is 12.5 Å². The van der Waals surface area contributed by atoms with Crippen molar-refractivity contribution in [2.45, 2.75) is 13.2 Å². The lowest BCUT2D eigenvalue weighted by Crippen LogP contribution is -2.02. The van der Waals surface area contributed by atoms with Crippen molar-refractivity contribution in [2.75, 3.05) is 7.11 Å². The van der Waals surface area contributed by atoms with Crippen molar-refractivity contribution in [3.05, 3.63) is 47.9 Å². The fourth-order valence-electron chi connectivity index (χ4n) is 2.19. The normalized spacial score (nSPS) is 11.1. The molecule has 0 aliphatic carbocycles. The van der Waals surface area contributed by atoms with Gasteiger partial charge in [-0.05, 0) is 24.3 Å². The summed E-state index contributed by atoms with van der Waals surface area (Å²) in [6.07, 6.45) is 2.75. The largest absolute Gasteiger partial charge is 0.487 e. The van der Waals surface area contributed by atoms with Crippen LogP contribution in [0.5, 0.6) is 5.75 Å². The molecule has 6 nitrogen and oxygen atoms in total. The van der Waals surface area contributed by atoms with Gasteiger partial charge in [0.05, 0.1) is 12.7 Å². The molecule has 0 aliphatic heterocycles. The molecular formula is C15H13F2N3O3. The van der Waals surface area contributed by atoms with E-state index in [4.69, 9.17) is 9.47 Å². The van der Waals surface area contributed by atoms with Crippen molar-refractivity contribution < 1.29 is 23.0 Å². The average molecular weight is 321 g/mol. The quantitative estimate of drug-likeness (QED) is 0.733. The molecule has 0 saturated carbocycles. The van der Waals surface area contributed by atoms with Crippen LogP contribution in [0.1, 0.15) is 22.6 Å². The first-order valence-electron chi connectivity index (χ1n) is 6.73. The van der Waals surface area contributed by atoms with E-state index in [1.807, 2.05) is 0 Å². The third-order valence-corrected chi connectivity index (χ3v) is 3.31. The van der Waals surface area contributed by atoms with Gasteiger partial charge in [-0.3, -0.25) is 0 Å². The van der Waals surface area contributed by atoms with Crippen LogP contribution in [-0.4, -0.2) is 27.8 Å². The second-order valence-electron chi connectivity index (χ2n) is 4.75. The number of benzene rings is 1. The number of nitrogens with zero attached hydrogens (tertiary/aromatic N) is 2. The Bertz CT molecular complexity index is 841. The van der Waals surface area contributed by atoms with Crippen LogP contribution in [0, 0.1) is 0 Å². The predicted molar refractivity (Wildman–Crippen MR) is 77.5 cm³/mol.